The Kier molecular flexibility index (Phi) is 3.18. The molecule has 1 aliphatic carbocycles. The van der Waals surface area contributed by atoms with Crippen molar-refractivity contribution in [1.82, 2.24) is 10.2 Å². The van der Waals surface area contributed by atoms with Crippen molar-refractivity contribution in [1.29, 1.82) is 0 Å². The summed E-state index contributed by atoms with van der Waals surface area (Å²) >= 11 is 1.71. The van der Waals surface area contributed by atoms with Gasteiger partial charge in [0.25, 0.3) is 0 Å². The maximum absolute atomic E-state index is 5.63. The molecule has 1 aromatic heterocycles. The maximum atomic E-state index is 5.63. The number of aromatic nitrogens is 2. The molecule has 21 heavy (non-hydrogen) atoms. The molecule has 1 saturated carbocycles. The van der Waals surface area contributed by atoms with E-state index in [0.717, 1.165) is 23.2 Å². The Morgan fingerprint density at radius 2 is 2.00 bits per heavy atom. The van der Waals surface area contributed by atoms with Crippen LogP contribution >= 0.6 is 11.3 Å². The summed E-state index contributed by atoms with van der Waals surface area (Å²) in [5.41, 5.74) is 1.19. The van der Waals surface area contributed by atoms with Crippen LogP contribution < -0.4 is 14.4 Å². The molecule has 0 bridgehead atoms. The summed E-state index contributed by atoms with van der Waals surface area (Å²) in [7, 11) is 2.05. The van der Waals surface area contributed by atoms with Crippen LogP contribution in [0.15, 0.2) is 18.2 Å². The van der Waals surface area contributed by atoms with Crippen molar-refractivity contribution in [2.24, 2.45) is 0 Å². The number of nitrogens with zero attached hydrogens (tertiary/aromatic N) is 3. The van der Waals surface area contributed by atoms with Gasteiger partial charge in [-0.3, -0.25) is 0 Å². The van der Waals surface area contributed by atoms with E-state index in [4.69, 9.17) is 9.47 Å². The van der Waals surface area contributed by atoms with Gasteiger partial charge in [0.15, 0.2) is 11.5 Å². The second-order valence-electron chi connectivity index (χ2n) is 5.53. The first-order valence-electron chi connectivity index (χ1n) is 7.22. The summed E-state index contributed by atoms with van der Waals surface area (Å²) in [6.07, 6.45) is 2.53. The van der Waals surface area contributed by atoms with E-state index >= 15 is 0 Å². The molecule has 4 rings (SSSR count). The minimum atomic E-state index is 0.618. The molecule has 2 aliphatic rings. The number of fused-ring (bicyclic) bond motifs is 1. The van der Waals surface area contributed by atoms with Crippen LogP contribution in [-0.2, 0) is 6.54 Å². The van der Waals surface area contributed by atoms with E-state index in [-0.39, 0.29) is 0 Å². The van der Waals surface area contributed by atoms with Crippen molar-refractivity contribution in [3.8, 4) is 11.5 Å². The molecule has 0 radical (unpaired) electrons. The zero-order valence-corrected chi connectivity index (χ0v) is 12.7. The summed E-state index contributed by atoms with van der Waals surface area (Å²) in [5.74, 6) is 2.33. The number of benzene rings is 1. The Balaban J connectivity index is 1.48. The van der Waals surface area contributed by atoms with E-state index in [2.05, 4.69) is 21.2 Å². The number of anilines is 1. The third-order valence-corrected chi connectivity index (χ3v) is 4.91. The first-order valence-corrected chi connectivity index (χ1v) is 8.04. The molecule has 0 unspecified atom stereocenters. The highest BCUT2D eigenvalue weighted by Gasteiger charge is 2.28. The van der Waals surface area contributed by atoms with Crippen LogP contribution in [0, 0.1) is 0 Å². The van der Waals surface area contributed by atoms with Gasteiger partial charge >= 0.3 is 0 Å². The van der Waals surface area contributed by atoms with Crippen LogP contribution in [0.5, 0.6) is 11.5 Å². The van der Waals surface area contributed by atoms with Gasteiger partial charge in [0, 0.05) is 19.5 Å². The number of hydrogen-bond acceptors (Lipinski definition) is 6. The van der Waals surface area contributed by atoms with Crippen molar-refractivity contribution in [2.45, 2.75) is 25.3 Å². The Morgan fingerprint density at radius 1 is 1.19 bits per heavy atom. The Bertz CT molecular complexity index is 654. The zero-order valence-electron chi connectivity index (χ0n) is 11.9. The Hall–Kier alpha value is -1.82. The topological polar surface area (TPSA) is 47.5 Å². The first-order chi connectivity index (χ1) is 10.3. The van der Waals surface area contributed by atoms with Gasteiger partial charge in [-0.1, -0.05) is 17.4 Å². The van der Waals surface area contributed by atoms with Crippen LogP contribution in [0.4, 0.5) is 5.13 Å². The largest absolute Gasteiger partial charge is 0.486 e. The third-order valence-electron chi connectivity index (χ3n) is 3.71. The quantitative estimate of drug-likeness (QED) is 0.869. The molecule has 5 nitrogen and oxygen atoms in total. The van der Waals surface area contributed by atoms with E-state index in [1.165, 1.54) is 23.4 Å². The fourth-order valence-corrected chi connectivity index (χ4v) is 3.38. The predicted octanol–water partition coefficient (Wildman–Crippen LogP) is 2.82. The highest BCUT2D eigenvalue weighted by atomic mass is 32.1. The van der Waals surface area contributed by atoms with Crippen LogP contribution in [0.2, 0.25) is 0 Å². The molecule has 1 aromatic carbocycles. The number of rotatable bonds is 4. The van der Waals surface area contributed by atoms with Crippen molar-refractivity contribution in [2.75, 3.05) is 25.2 Å². The van der Waals surface area contributed by atoms with Gasteiger partial charge in [0.1, 0.15) is 18.2 Å². The Morgan fingerprint density at radius 3 is 2.81 bits per heavy atom. The second-order valence-corrected chi connectivity index (χ2v) is 6.52. The van der Waals surface area contributed by atoms with E-state index in [1.807, 2.05) is 19.2 Å². The molecule has 0 atom stereocenters. The molecule has 1 fully saturated rings. The molecule has 2 heterocycles. The molecular weight excluding hydrogens is 286 g/mol. The highest BCUT2D eigenvalue weighted by molar-refractivity contribution is 7.15. The lowest BCUT2D eigenvalue weighted by molar-refractivity contribution is 0.171. The summed E-state index contributed by atoms with van der Waals surface area (Å²) in [6.45, 7) is 2.03. The smallest absolute Gasteiger partial charge is 0.208 e. The normalized spacial score (nSPS) is 16.8. The number of ether oxygens (including phenoxy) is 2. The molecule has 0 N–H and O–H groups in total. The predicted molar refractivity (Wildman–Crippen MR) is 81.4 cm³/mol. The molecular formula is C15H17N3O2S. The minimum absolute atomic E-state index is 0.618. The molecule has 1 aliphatic heterocycles. The molecule has 0 saturated heterocycles. The second kappa shape index (κ2) is 5.18. The maximum Gasteiger partial charge on any atom is 0.208 e. The first kappa shape index (κ1) is 12.9. The lowest BCUT2D eigenvalue weighted by atomic mass is 10.2. The van der Waals surface area contributed by atoms with Crippen molar-refractivity contribution in [3.05, 3.63) is 28.8 Å². The molecule has 0 amide bonds. The van der Waals surface area contributed by atoms with Gasteiger partial charge in [-0.05, 0) is 30.5 Å². The van der Waals surface area contributed by atoms with Crippen molar-refractivity contribution < 1.29 is 9.47 Å². The van der Waals surface area contributed by atoms with Crippen LogP contribution in [0.1, 0.15) is 29.3 Å². The standard InChI is InChI=1S/C15H17N3O2S/c1-18(15-17-16-14(21-15)11-3-4-11)9-10-2-5-12-13(8-10)20-7-6-19-12/h2,5,8,11H,3-4,6-7,9H2,1H3. The van der Waals surface area contributed by atoms with Gasteiger partial charge in [0.05, 0.1) is 0 Å². The van der Waals surface area contributed by atoms with E-state index < -0.39 is 0 Å². The Labute approximate surface area is 127 Å². The van der Waals surface area contributed by atoms with Crippen molar-refractivity contribution in [3.63, 3.8) is 0 Å². The molecule has 6 heteroatoms. The van der Waals surface area contributed by atoms with Gasteiger partial charge < -0.3 is 14.4 Å². The zero-order chi connectivity index (χ0) is 14.2. The van der Waals surface area contributed by atoms with Gasteiger partial charge in [-0.15, -0.1) is 10.2 Å². The van der Waals surface area contributed by atoms with Crippen LogP contribution in [-0.4, -0.2) is 30.5 Å². The van der Waals surface area contributed by atoms with Gasteiger partial charge in [-0.25, -0.2) is 0 Å². The SMILES string of the molecule is CN(Cc1ccc2c(c1)OCCO2)c1nnc(C2CC2)s1. The van der Waals surface area contributed by atoms with Crippen LogP contribution in [0.25, 0.3) is 0 Å². The van der Waals surface area contributed by atoms with E-state index in [0.29, 0.717) is 19.1 Å². The van der Waals surface area contributed by atoms with E-state index in [1.54, 1.807) is 11.3 Å². The third kappa shape index (κ3) is 2.68. The molecule has 0 spiro atoms. The lowest BCUT2D eigenvalue weighted by Gasteiger charge is -2.20. The van der Waals surface area contributed by atoms with Crippen molar-refractivity contribution >= 4 is 16.5 Å². The van der Waals surface area contributed by atoms with Crippen LogP contribution in [0.3, 0.4) is 0 Å². The lowest BCUT2D eigenvalue weighted by Crippen LogP contribution is -2.18. The average molecular weight is 303 g/mol. The summed E-state index contributed by atoms with van der Waals surface area (Å²) in [6, 6.07) is 6.11. The van der Waals surface area contributed by atoms with Gasteiger partial charge in [0.2, 0.25) is 5.13 Å². The fourth-order valence-electron chi connectivity index (χ4n) is 2.40. The molecule has 2 aromatic rings. The number of hydrogen-bond donors (Lipinski definition) is 0. The molecule has 110 valence electrons. The summed E-state index contributed by atoms with van der Waals surface area (Å²) < 4.78 is 11.2. The monoisotopic (exact) mass is 303 g/mol. The fraction of sp³-hybridized carbons (Fsp3) is 0.467. The van der Waals surface area contributed by atoms with E-state index in [9.17, 15) is 0 Å². The average Bonchev–Trinajstić information content (AvgIpc) is 3.24. The van der Waals surface area contributed by atoms with Gasteiger partial charge in [-0.2, -0.15) is 0 Å². The minimum Gasteiger partial charge on any atom is -0.486 e. The summed E-state index contributed by atoms with van der Waals surface area (Å²) in [4.78, 5) is 2.13. The summed E-state index contributed by atoms with van der Waals surface area (Å²) in [5, 5.41) is 10.8. The highest BCUT2D eigenvalue weighted by Crippen LogP contribution is 2.42.